The van der Waals surface area contributed by atoms with Crippen LogP contribution in [0.3, 0.4) is 0 Å². The summed E-state index contributed by atoms with van der Waals surface area (Å²) in [5, 5.41) is 10.2. The first-order valence-electron chi connectivity index (χ1n) is 6.89. The van der Waals surface area contributed by atoms with Gasteiger partial charge in [0, 0.05) is 24.8 Å². The van der Waals surface area contributed by atoms with Crippen LogP contribution in [0.25, 0.3) is 0 Å². The molecular weight excluding hydrogens is 234 g/mol. The van der Waals surface area contributed by atoms with E-state index in [1.54, 1.807) is 0 Å². The summed E-state index contributed by atoms with van der Waals surface area (Å²) in [6.07, 6.45) is 4.92. The molecular formula is C16H23N3. The Labute approximate surface area is 115 Å². The van der Waals surface area contributed by atoms with E-state index in [0.717, 1.165) is 19.5 Å². The van der Waals surface area contributed by atoms with Crippen molar-refractivity contribution in [1.29, 1.82) is 0 Å². The van der Waals surface area contributed by atoms with Gasteiger partial charge in [-0.25, -0.2) is 0 Å². The van der Waals surface area contributed by atoms with E-state index in [-0.39, 0.29) is 5.41 Å². The molecule has 1 aromatic heterocycles. The number of hydrogen-bond donors (Lipinski definition) is 2. The molecule has 0 saturated carbocycles. The zero-order valence-corrected chi connectivity index (χ0v) is 12.0. The van der Waals surface area contributed by atoms with Crippen LogP contribution in [0.5, 0.6) is 0 Å². The maximum Gasteiger partial charge on any atom is 0.0532 e. The summed E-state index contributed by atoms with van der Waals surface area (Å²) in [7, 11) is 0. The number of nitrogens with one attached hydrogen (secondary N) is 2. The number of H-pyrrole nitrogens is 1. The summed E-state index contributed by atoms with van der Waals surface area (Å²) in [4.78, 5) is 0. The van der Waals surface area contributed by atoms with Gasteiger partial charge in [0.1, 0.15) is 0 Å². The highest BCUT2D eigenvalue weighted by Gasteiger charge is 2.17. The van der Waals surface area contributed by atoms with E-state index >= 15 is 0 Å². The van der Waals surface area contributed by atoms with Crippen molar-refractivity contribution < 1.29 is 0 Å². The predicted molar refractivity (Wildman–Crippen MR) is 78.9 cm³/mol. The van der Waals surface area contributed by atoms with E-state index in [4.69, 9.17) is 0 Å². The SMILES string of the molecule is CCC(C)(C)c1ccc(CNCc2cn[nH]c2)cc1. The molecule has 102 valence electrons. The first-order chi connectivity index (χ1) is 9.12. The molecule has 0 fully saturated rings. The van der Waals surface area contributed by atoms with Crippen molar-refractivity contribution in [2.75, 3.05) is 0 Å². The predicted octanol–water partition coefficient (Wildman–Crippen LogP) is 3.39. The molecule has 0 aliphatic heterocycles. The lowest BCUT2D eigenvalue weighted by atomic mass is 9.82. The Balaban J connectivity index is 1.88. The molecule has 3 heteroatoms. The smallest absolute Gasteiger partial charge is 0.0532 e. The molecule has 0 saturated heterocycles. The highest BCUT2D eigenvalue weighted by atomic mass is 15.1. The summed E-state index contributed by atoms with van der Waals surface area (Å²) < 4.78 is 0. The fraction of sp³-hybridized carbons (Fsp3) is 0.438. The summed E-state index contributed by atoms with van der Waals surface area (Å²) in [6, 6.07) is 8.93. The first-order valence-corrected chi connectivity index (χ1v) is 6.89. The molecule has 0 spiro atoms. The largest absolute Gasteiger partial charge is 0.309 e. The van der Waals surface area contributed by atoms with Gasteiger partial charge in [0.25, 0.3) is 0 Å². The van der Waals surface area contributed by atoms with Crippen LogP contribution in [0.4, 0.5) is 0 Å². The second-order valence-electron chi connectivity index (χ2n) is 5.64. The molecule has 0 amide bonds. The molecule has 0 bridgehead atoms. The number of benzene rings is 1. The van der Waals surface area contributed by atoms with Gasteiger partial charge in [-0.1, -0.05) is 45.0 Å². The van der Waals surface area contributed by atoms with E-state index in [9.17, 15) is 0 Å². The van der Waals surface area contributed by atoms with Crippen LogP contribution in [-0.4, -0.2) is 10.2 Å². The van der Waals surface area contributed by atoms with Crippen molar-refractivity contribution in [3.8, 4) is 0 Å². The van der Waals surface area contributed by atoms with Crippen molar-refractivity contribution in [3.63, 3.8) is 0 Å². The molecule has 0 unspecified atom stereocenters. The van der Waals surface area contributed by atoms with Gasteiger partial charge in [-0.15, -0.1) is 0 Å². The van der Waals surface area contributed by atoms with Crippen LogP contribution in [-0.2, 0) is 18.5 Å². The number of rotatable bonds is 6. The Morgan fingerprint density at radius 2 is 1.79 bits per heavy atom. The number of hydrogen-bond acceptors (Lipinski definition) is 2. The summed E-state index contributed by atoms with van der Waals surface area (Å²) in [5.74, 6) is 0. The topological polar surface area (TPSA) is 40.7 Å². The fourth-order valence-electron chi connectivity index (χ4n) is 2.00. The Kier molecular flexibility index (Phi) is 4.38. The van der Waals surface area contributed by atoms with Gasteiger partial charge in [0.05, 0.1) is 6.20 Å². The lowest BCUT2D eigenvalue weighted by Crippen LogP contribution is -2.16. The van der Waals surface area contributed by atoms with Gasteiger partial charge in [0.2, 0.25) is 0 Å². The number of aromatic amines is 1. The number of aromatic nitrogens is 2. The molecule has 3 nitrogen and oxygen atoms in total. The van der Waals surface area contributed by atoms with Crippen LogP contribution in [0, 0.1) is 0 Å². The normalized spacial score (nSPS) is 11.7. The molecule has 2 rings (SSSR count). The van der Waals surface area contributed by atoms with Gasteiger partial charge < -0.3 is 5.32 Å². The van der Waals surface area contributed by atoms with Crippen LogP contribution in [0.2, 0.25) is 0 Å². The van der Waals surface area contributed by atoms with Crippen molar-refractivity contribution >= 4 is 0 Å². The average molecular weight is 257 g/mol. The van der Waals surface area contributed by atoms with Crippen LogP contribution in [0.1, 0.15) is 43.9 Å². The monoisotopic (exact) mass is 257 g/mol. The van der Waals surface area contributed by atoms with Gasteiger partial charge in [0.15, 0.2) is 0 Å². The molecule has 1 aromatic carbocycles. The minimum atomic E-state index is 0.267. The third kappa shape index (κ3) is 3.67. The van der Waals surface area contributed by atoms with E-state index in [1.165, 1.54) is 16.7 Å². The zero-order chi connectivity index (χ0) is 13.7. The molecule has 0 aliphatic rings. The Morgan fingerprint density at radius 3 is 2.37 bits per heavy atom. The molecule has 2 N–H and O–H groups in total. The quantitative estimate of drug-likeness (QED) is 0.833. The third-order valence-electron chi connectivity index (χ3n) is 3.83. The Hall–Kier alpha value is -1.61. The molecule has 1 heterocycles. The van der Waals surface area contributed by atoms with Crippen molar-refractivity contribution in [2.45, 2.75) is 45.7 Å². The van der Waals surface area contributed by atoms with Gasteiger partial charge in [-0.2, -0.15) is 5.10 Å². The molecule has 2 aromatic rings. The van der Waals surface area contributed by atoms with Crippen molar-refractivity contribution in [1.82, 2.24) is 15.5 Å². The lowest BCUT2D eigenvalue weighted by molar-refractivity contribution is 0.506. The standard InChI is InChI=1S/C16H23N3/c1-4-16(2,3)15-7-5-13(6-8-15)9-17-10-14-11-18-19-12-14/h5-8,11-12,17H,4,9-10H2,1-3H3,(H,18,19). The van der Waals surface area contributed by atoms with Crippen molar-refractivity contribution in [2.24, 2.45) is 0 Å². The zero-order valence-electron chi connectivity index (χ0n) is 12.0. The number of nitrogens with zero attached hydrogens (tertiary/aromatic N) is 1. The van der Waals surface area contributed by atoms with Gasteiger partial charge in [-0.05, 0) is 23.0 Å². The second-order valence-corrected chi connectivity index (χ2v) is 5.64. The first kappa shape index (κ1) is 13.8. The van der Waals surface area contributed by atoms with E-state index in [0.29, 0.717) is 0 Å². The van der Waals surface area contributed by atoms with Crippen LogP contribution < -0.4 is 5.32 Å². The molecule has 19 heavy (non-hydrogen) atoms. The highest BCUT2D eigenvalue weighted by Crippen LogP contribution is 2.26. The summed E-state index contributed by atoms with van der Waals surface area (Å²) >= 11 is 0. The second kappa shape index (κ2) is 6.02. The van der Waals surface area contributed by atoms with E-state index in [2.05, 4.69) is 60.6 Å². The fourth-order valence-corrected chi connectivity index (χ4v) is 2.00. The van der Waals surface area contributed by atoms with Gasteiger partial charge >= 0.3 is 0 Å². The molecule has 0 atom stereocenters. The summed E-state index contributed by atoms with van der Waals surface area (Å²) in [6.45, 7) is 8.55. The van der Waals surface area contributed by atoms with Crippen LogP contribution in [0.15, 0.2) is 36.7 Å². The maximum atomic E-state index is 3.93. The van der Waals surface area contributed by atoms with Crippen LogP contribution >= 0.6 is 0 Å². The summed E-state index contributed by atoms with van der Waals surface area (Å²) in [5.41, 5.74) is 4.18. The Bertz CT molecular complexity index is 483. The van der Waals surface area contributed by atoms with E-state index < -0.39 is 0 Å². The van der Waals surface area contributed by atoms with E-state index in [1.807, 2.05) is 12.4 Å². The van der Waals surface area contributed by atoms with Crippen molar-refractivity contribution in [3.05, 3.63) is 53.3 Å². The maximum absolute atomic E-state index is 3.93. The Morgan fingerprint density at radius 1 is 1.11 bits per heavy atom. The molecule has 0 aliphatic carbocycles. The third-order valence-corrected chi connectivity index (χ3v) is 3.83. The average Bonchev–Trinajstić information content (AvgIpc) is 2.92. The molecule has 0 radical (unpaired) electrons. The highest BCUT2D eigenvalue weighted by molar-refractivity contribution is 5.28. The van der Waals surface area contributed by atoms with Gasteiger partial charge in [-0.3, -0.25) is 5.10 Å². The minimum absolute atomic E-state index is 0.267. The minimum Gasteiger partial charge on any atom is -0.309 e. The lowest BCUT2D eigenvalue weighted by Gasteiger charge is -2.23.